The quantitative estimate of drug-likeness (QED) is 0.911. The number of carbonyl (C=O) groups excluding carboxylic acids is 1. The number of aryl methyl sites for hydroxylation is 2. The molecule has 0 fully saturated rings. The summed E-state index contributed by atoms with van der Waals surface area (Å²) in [5, 5.41) is 10.7. The van der Waals surface area contributed by atoms with Crippen molar-refractivity contribution in [3.8, 4) is 0 Å². The van der Waals surface area contributed by atoms with E-state index in [4.69, 9.17) is 11.6 Å². The van der Waals surface area contributed by atoms with E-state index in [-0.39, 0.29) is 5.91 Å². The molecule has 0 radical (unpaired) electrons. The summed E-state index contributed by atoms with van der Waals surface area (Å²) in [6, 6.07) is 6.82. The number of halogens is 1. The average molecular weight is 293 g/mol. The Bertz CT molecular complexity index is 623. The first-order valence-electron chi connectivity index (χ1n) is 6.29. The van der Waals surface area contributed by atoms with Crippen LogP contribution in [0.5, 0.6) is 0 Å². The van der Waals surface area contributed by atoms with Gasteiger partial charge in [-0.1, -0.05) is 17.7 Å². The first-order chi connectivity index (χ1) is 9.45. The topological polar surface area (TPSA) is 59.0 Å². The van der Waals surface area contributed by atoms with Gasteiger partial charge in [-0.25, -0.2) is 0 Å². The highest BCUT2D eigenvalue weighted by atomic mass is 35.5. The summed E-state index contributed by atoms with van der Waals surface area (Å²) < 4.78 is 1.67. The molecule has 1 atom stereocenters. The molecule has 20 heavy (non-hydrogen) atoms. The monoisotopic (exact) mass is 292 g/mol. The largest absolute Gasteiger partial charge is 0.357 e. The van der Waals surface area contributed by atoms with Gasteiger partial charge in [-0.15, -0.1) is 0 Å². The van der Waals surface area contributed by atoms with Crippen LogP contribution in [0.4, 0.5) is 11.5 Å². The number of aromatic nitrogens is 2. The number of hydrogen-bond donors (Lipinski definition) is 2. The van der Waals surface area contributed by atoms with Crippen molar-refractivity contribution in [1.29, 1.82) is 0 Å². The van der Waals surface area contributed by atoms with Crippen LogP contribution in [0.1, 0.15) is 12.5 Å². The average Bonchev–Trinajstić information content (AvgIpc) is 2.79. The third kappa shape index (κ3) is 3.51. The van der Waals surface area contributed by atoms with Crippen molar-refractivity contribution in [1.82, 2.24) is 9.78 Å². The minimum Gasteiger partial charge on any atom is -0.357 e. The van der Waals surface area contributed by atoms with Gasteiger partial charge in [-0.05, 0) is 31.5 Å². The van der Waals surface area contributed by atoms with Gasteiger partial charge in [0.2, 0.25) is 5.91 Å². The molecule has 1 heterocycles. The molecule has 5 nitrogen and oxygen atoms in total. The predicted molar refractivity (Wildman–Crippen MR) is 81.1 cm³/mol. The summed E-state index contributed by atoms with van der Waals surface area (Å²) in [4.78, 5) is 12.1. The maximum atomic E-state index is 12.1. The van der Waals surface area contributed by atoms with E-state index in [1.54, 1.807) is 23.7 Å². The predicted octanol–water partition coefficient (Wildman–Crippen LogP) is 2.82. The van der Waals surface area contributed by atoms with Crippen LogP contribution < -0.4 is 10.6 Å². The fourth-order valence-corrected chi connectivity index (χ4v) is 1.92. The molecule has 0 spiro atoms. The minimum absolute atomic E-state index is 0.138. The van der Waals surface area contributed by atoms with Crippen molar-refractivity contribution >= 4 is 29.0 Å². The van der Waals surface area contributed by atoms with E-state index in [0.29, 0.717) is 10.8 Å². The number of amides is 1. The van der Waals surface area contributed by atoms with Crippen LogP contribution in [0, 0.1) is 6.92 Å². The fraction of sp³-hybridized carbons (Fsp3) is 0.286. The number of hydrogen-bond acceptors (Lipinski definition) is 3. The molecule has 1 unspecified atom stereocenters. The number of rotatable bonds is 4. The second-order valence-electron chi connectivity index (χ2n) is 4.69. The Morgan fingerprint density at radius 2 is 2.15 bits per heavy atom. The molecule has 0 aliphatic rings. The van der Waals surface area contributed by atoms with E-state index in [2.05, 4.69) is 15.7 Å². The molecule has 1 aromatic heterocycles. The van der Waals surface area contributed by atoms with Gasteiger partial charge in [0.15, 0.2) is 0 Å². The lowest BCUT2D eigenvalue weighted by Crippen LogP contribution is -2.32. The van der Waals surface area contributed by atoms with Gasteiger partial charge >= 0.3 is 0 Å². The lowest BCUT2D eigenvalue weighted by atomic mass is 10.2. The number of nitrogens with zero attached hydrogens (tertiary/aromatic N) is 2. The summed E-state index contributed by atoms with van der Waals surface area (Å²) in [7, 11) is 1.82. The Morgan fingerprint density at radius 3 is 2.80 bits per heavy atom. The van der Waals surface area contributed by atoms with Crippen LogP contribution in [0.25, 0.3) is 0 Å². The first-order valence-corrected chi connectivity index (χ1v) is 6.66. The van der Waals surface area contributed by atoms with Gasteiger partial charge in [0.05, 0.1) is 0 Å². The summed E-state index contributed by atoms with van der Waals surface area (Å²) in [5.41, 5.74) is 1.69. The van der Waals surface area contributed by atoms with Crippen LogP contribution in [0.2, 0.25) is 5.02 Å². The number of carbonyl (C=O) groups is 1. The highest BCUT2D eigenvalue weighted by Crippen LogP contribution is 2.20. The summed E-state index contributed by atoms with van der Waals surface area (Å²) in [6.45, 7) is 3.70. The molecule has 0 saturated carbocycles. The third-order valence-corrected chi connectivity index (χ3v) is 3.16. The number of benzene rings is 1. The van der Waals surface area contributed by atoms with Crippen molar-refractivity contribution in [3.63, 3.8) is 0 Å². The molecule has 0 aliphatic heterocycles. The van der Waals surface area contributed by atoms with Crippen LogP contribution in [0.3, 0.4) is 0 Å². The maximum absolute atomic E-state index is 12.1. The van der Waals surface area contributed by atoms with E-state index < -0.39 is 6.04 Å². The minimum atomic E-state index is -0.400. The van der Waals surface area contributed by atoms with Gasteiger partial charge in [-0.2, -0.15) is 5.10 Å². The van der Waals surface area contributed by atoms with Crippen molar-refractivity contribution in [2.45, 2.75) is 19.9 Å². The van der Waals surface area contributed by atoms with E-state index in [1.807, 2.05) is 32.3 Å². The zero-order chi connectivity index (χ0) is 14.7. The molecule has 6 heteroatoms. The zero-order valence-electron chi connectivity index (χ0n) is 11.6. The molecule has 106 valence electrons. The maximum Gasteiger partial charge on any atom is 0.246 e. The molecule has 2 aromatic rings. The normalized spacial score (nSPS) is 12.0. The van der Waals surface area contributed by atoms with Gasteiger partial charge < -0.3 is 10.6 Å². The molecule has 2 rings (SSSR count). The molecular formula is C14H17ClN4O. The Labute approximate surface area is 122 Å². The Kier molecular flexibility index (Phi) is 4.29. The van der Waals surface area contributed by atoms with E-state index in [0.717, 1.165) is 11.3 Å². The SMILES string of the molecule is Cc1ccc(Cl)cc1NC(=O)C(C)Nc1ccn(C)n1. The molecular weight excluding hydrogens is 276 g/mol. The molecule has 1 aromatic carbocycles. The van der Waals surface area contributed by atoms with Crippen molar-refractivity contribution in [3.05, 3.63) is 41.0 Å². The molecule has 2 N–H and O–H groups in total. The second kappa shape index (κ2) is 5.96. The summed E-state index contributed by atoms with van der Waals surface area (Å²) in [6.07, 6.45) is 1.81. The van der Waals surface area contributed by atoms with E-state index >= 15 is 0 Å². The number of anilines is 2. The lowest BCUT2D eigenvalue weighted by Gasteiger charge is -2.15. The van der Waals surface area contributed by atoms with Gasteiger partial charge in [-0.3, -0.25) is 9.48 Å². The fourth-order valence-electron chi connectivity index (χ4n) is 1.75. The highest BCUT2D eigenvalue weighted by molar-refractivity contribution is 6.31. The van der Waals surface area contributed by atoms with Crippen LogP contribution >= 0.6 is 11.6 Å². The van der Waals surface area contributed by atoms with Crippen LogP contribution in [0.15, 0.2) is 30.5 Å². The van der Waals surface area contributed by atoms with Gasteiger partial charge in [0.1, 0.15) is 11.9 Å². The Morgan fingerprint density at radius 1 is 1.40 bits per heavy atom. The molecule has 1 amide bonds. The zero-order valence-corrected chi connectivity index (χ0v) is 12.4. The highest BCUT2D eigenvalue weighted by Gasteiger charge is 2.14. The third-order valence-electron chi connectivity index (χ3n) is 2.93. The van der Waals surface area contributed by atoms with Crippen molar-refractivity contribution < 1.29 is 4.79 Å². The smallest absolute Gasteiger partial charge is 0.246 e. The van der Waals surface area contributed by atoms with Crippen LogP contribution in [-0.4, -0.2) is 21.7 Å². The van der Waals surface area contributed by atoms with Gasteiger partial charge in [0, 0.05) is 30.0 Å². The molecule has 0 saturated heterocycles. The van der Waals surface area contributed by atoms with Crippen LogP contribution in [-0.2, 0) is 11.8 Å². The molecule has 0 aliphatic carbocycles. The van der Waals surface area contributed by atoms with Gasteiger partial charge in [0.25, 0.3) is 0 Å². The Balaban J connectivity index is 2.02. The molecule has 0 bridgehead atoms. The van der Waals surface area contributed by atoms with Crippen molar-refractivity contribution in [2.75, 3.05) is 10.6 Å². The summed E-state index contributed by atoms with van der Waals surface area (Å²) in [5.74, 6) is 0.527. The second-order valence-corrected chi connectivity index (χ2v) is 5.13. The first kappa shape index (κ1) is 14.4. The van der Waals surface area contributed by atoms with Crippen molar-refractivity contribution in [2.24, 2.45) is 7.05 Å². The standard InChI is InChI=1S/C14H17ClN4O/c1-9-4-5-11(15)8-12(9)17-14(20)10(2)16-13-6-7-19(3)18-13/h4-8,10H,1-3H3,(H,16,18)(H,17,20). The lowest BCUT2D eigenvalue weighted by molar-refractivity contribution is -0.116. The summed E-state index contributed by atoms with van der Waals surface area (Å²) >= 11 is 5.93. The van der Waals surface area contributed by atoms with E-state index in [9.17, 15) is 4.79 Å². The number of nitrogens with one attached hydrogen (secondary N) is 2. The Hall–Kier alpha value is -2.01. The van der Waals surface area contributed by atoms with E-state index in [1.165, 1.54) is 0 Å².